The molecule has 7 nitrogen and oxygen atoms in total. The second-order valence-corrected chi connectivity index (χ2v) is 7.82. The Kier molecular flexibility index (Phi) is 6.10. The van der Waals surface area contributed by atoms with Crippen LogP contribution in [0.1, 0.15) is 69.3 Å². The Hall–Kier alpha value is -2.31. The first kappa shape index (κ1) is 20.0. The molecule has 2 rings (SSSR count). The minimum Gasteiger partial charge on any atom is -0.477 e. The first-order chi connectivity index (χ1) is 12.1. The average Bonchev–Trinajstić information content (AvgIpc) is 2.99. The van der Waals surface area contributed by atoms with Gasteiger partial charge in [0.05, 0.1) is 6.04 Å². The van der Waals surface area contributed by atoms with Gasteiger partial charge < -0.3 is 19.5 Å². The van der Waals surface area contributed by atoms with Crippen molar-refractivity contribution in [1.82, 2.24) is 9.88 Å². The summed E-state index contributed by atoms with van der Waals surface area (Å²) in [4.78, 5) is 29.8. The van der Waals surface area contributed by atoms with Gasteiger partial charge in [0, 0.05) is 12.7 Å². The third-order valence-corrected chi connectivity index (χ3v) is 4.20. The summed E-state index contributed by atoms with van der Waals surface area (Å²) in [6.45, 7) is 10.1. The predicted octanol–water partition coefficient (Wildman–Crippen LogP) is 3.68. The van der Waals surface area contributed by atoms with E-state index in [1.807, 2.05) is 34.6 Å². The van der Waals surface area contributed by atoms with Gasteiger partial charge in [0.1, 0.15) is 17.8 Å². The van der Waals surface area contributed by atoms with Gasteiger partial charge in [0.25, 0.3) is 0 Å². The van der Waals surface area contributed by atoms with Gasteiger partial charge in [-0.3, -0.25) is 0 Å². The van der Waals surface area contributed by atoms with Crippen LogP contribution in [0.3, 0.4) is 0 Å². The number of amides is 1. The van der Waals surface area contributed by atoms with Crippen LogP contribution < -0.4 is 4.74 Å². The molecule has 0 radical (unpaired) electrons. The van der Waals surface area contributed by atoms with Crippen molar-refractivity contribution in [2.24, 2.45) is 0 Å². The van der Waals surface area contributed by atoms with E-state index in [-0.39, 0.29) is 36.1 Å². The fourth-order valence-electron chi connectivity index (χ4n) is 3.01. The van der Waals surface area contributed by atoms with Gasteiger partial charge in [0.15, 0.2) is 0 Å². The Morgan fingerprint density at radius 2 is 2.08 bits per heavy atom. The summed E-state index contributed by atoms with van der Waals surface area (Å²) >= 11 is 0. The van der Waals surface area contributed by atoms with Gasteiger partial charge >= 0.3 is 12.1 Å². The number of ether oxygens (including phenoxy) is 2. The van der Waals surface area contributed by atoms with Crippen LogP contribution >= 0.6 is 0 Å². The molecule has 1 saturated heterocycles. The molecule has 1 N–H and O–H groups in total. The number of hydrogen-bond donors (Lipinski definition) is 1. The van der Waals surface area contributed by atoms with Gasteiger partial charge in [-0.05, 0) is 51.2 Å². The number of likely N-dealkylation sites (tertiary alicyclic amines) is 1. The molecule has 0 spiro atoms. The second kappa shape index (κ2) is 7.93. The van der Waals surface area contributed by atoms with Crippen LogP contribution in [0.5, 0.6) is 5.88 Å². The third kappa shape index (κ3) is 4.86. The molecule has 0 saturated carbocycles. The summed E-state index contributed by atoms with van der Waals surface area (Å²) in [5.74, 6) is -0.928. The van der Waals surface area contributed by atoms with Gasteiger partial charge in [-0.25, -0.2) is 14.6 Å². The Balaban J connectivity index is 2.12. The molecule has 1 aromatic heterocycles. The Morgan fingerprint density at radius 1 is 1.38 bits per heavy atom. The van der Waals surface area contributed by atoms with Crippen LogP contribution in [0.4, 0.5) is 4.79 Å². The number of carboxylic acids is 1. The zero-order valence-corrected chi connectivity index (χ0v) is 16.1. The lowest BCUT2D eigenvalue weighted by atomic mass is 9.99. The zero-order valence-electron chi connectivity index (χ0n) is 16.1. The van der Waals surface area contributed by atoms with Crippen molar-refractivity contribution in [3.8, 4) is 5.88 Å². The molecule has 1 aliphatic heterocycles. The van der Waals surface area contributed by atoms with Crippen LogP contribution in [0.25, 0.3) is 0 Å². The van der Waals surface area contributed by atoms with Crippen molar-refractivity contribution < 1.29 is 24.2 Å². The molecule has 0 aliphatic carbocycles. The molecular formula is C19H28N2O5. The summed E-state index contributed by atoms with van der Waals surface area (Å²) in [6.07, 6.45) is 2.83. The van der Waals surface area contributed by atoms with E-state index in [1.165, 1.54) is 0 Å². The molecule has 1 aromatic rings. The van der Waals surface area contributed by atoms with E-state index in [0.717, 1.165) is 12.8 Å². The maximum Gasteiger partial charge on any atom is 0.410 e. The van der Waals surface area contributed by atoms with Crippen LogP contribution in [0.2, 0.25) is 0 Å². The molecule has 1 atom stereocenters. The quantitative estimate of drug-likeness (QED) is 0.857. The normalized spacial score (nSPS) is 17.5. The van der Waals surface area contributed by atoms with Crippen LogP contribution in [0, 0.1) is 0 Å². The monoisotopic (exact) mass is 364 g/mol. The van der Waals surface area contributed by atoms with Crippen molar-refractivity contribution >= 4 is 12.1 Å². The number of carbonyl (C=O) groups is 2. The van der Waals surface area contributed by atoms with Crippen molar-refractivity contribution in [2.45, 2.75) is 65.0 Å². The lowest BCUT2D eigenvalue weighted by molar-refractivity contribution is 0.0184. The van der Waals surface area contributed by atoms with Crippen LogP contribution in [-0.4, -0.2) is 51.8 Å². The topological polar surface area (TPSA) is 89.0 Å². The van der Waals surface area contributed by atoms with Crippen molar-refractivity contribution in [3.05, 3.63) is 23.4 Å². The van der Waals surface area contributed by atoms with Crippen molar-refractivity contribution in [3.63, 3.8) is 0 Å². The Morgan fingerprint density at radius 3 is 2.65 bits per heavy atom. The molecule has 0 bridgehead atoms. The molecule has 144 valence electrons. The summed E-state index contributed by atoms with van der Waals surface area (Å²) in [5.41, 5.74) is 0.205. The van der Waals surface area contributed by atoms with E-state index in [0.29, 0.717) is 12.1 Å². The van der Waals surface area contributed by atoms with E-state index < -0.39 is 11.6 Å². The second-order valence-electron chi connectivity index (χ2n) is 7.82. The van der Waals surface area contributed by atoms with Crippen molar-refractivity contribution in [1.29, 1.82) is 0 Å². The molecule has 1 aliphatic rings. The largest absolute Gasteiger partial charge is 0.477 e. The highest BCUT2D eigenvalue weighted by Crippen LogP contribution is 2.27. The van der Waals surface area contributed by atoms with Gasteiger partial charge in [-0.2, -0.15) is 0 Å². The molecule has 1 fully saturated rings. The van der Waals surface area contributed by atoms with E-state index in [9.17, 15) is 14.7 Å². The third-order valence-electron chi connectivity index (χ3n) is 4.20. The van der Waals surface area contributed by atoms with Gasteiger partial charge in [-0.1, -0.05) is 13.8 Å². The first-order valence-corrected chi connectivity index (χ1v) is 8.94. The number of nitrogens with zero attached hydrogens (tertiary/aromatic N) is 2. The maximum absolute atomic E-state index is 12.3. The summed E-state index contributed by atoms with van der Waals surface area (Å²) < 4.78 is 11.2. The molecule has 1 amide bonds. The highest BCUT2D eigenvalue weighted by Gasteiger charge is 2.33. The average molecular weight is 364 g/mol. The highest BCUT2D eigenvalue weighted by molar-refractivity contribution is 5.92. The summed E-state index contributed by atoms with van der Waals surface area (Å²) in [5, 5.41) is 9.55. The summed E-state index contributed by atoms with van der Waals surface area (Å²) in [7, 11) is 0. The number of carboxylic acid groups (broad SMARTS) is 1. The molecule has 26 heavy (non-hydrogen) atoms. The number of rotatable bonds is 5. The van der Waals surface area contributed by atoms with E-state index in [1.54, 1.807) is 17.2 Å². The lowest BCUT2D eigenvalue weighted by Gasteiger charge is -2.28. The standard InChI is InChI=1S/C19H28N2O5/c1-12(2)14-8-9-20-16(15(14)17(22)23)25-11-13-7-6-10-21(13)18(24)26-19(3,4)5/h8-9,12-13H,6-7,10-11H2,1-5H3,(H,22,23)/t13-/m0/s1. The molecule has 0 aromatic carbocycles. The SMILES string of the molecule is CC(C)c1ccnc(OC[C@@H]2CCCN2C(=O)OC(C)(C)C)c1C(=O)O. The Labute approximate surface area is 154 Å². The first-order valence-electron chi connectivity index (χ1n) is 8.94. The molecular weight excluding hydrogens is 336 g/mol. The van der Waals surface area contributed by atoms with E-state index in [2.05, 4.69) is 4.98 Å². The number of hydrogen-bond acceptors (Lipinski definition) is 5. The molecule has 0 unspecified atom stereocenters. The summed E-state index contributed by atoms with van der Waals surface area (Å²) in [6, 6.07) is 1.54. The van der Waals surface area contributed by atoms with Crippen LogP contribution in [-0.2, 0) is 4.74 Å². The van der Waals surface area contributed by atoms with Gasteiger partial charge in [0.2, 0.25) is 5.88 Å². The Bertz CT molecular complexity index is 666. The minimum absolute atomic E-state index is 0.0381. The number of pyridine rings is 1. The van der Waals surface area contributed by atoms with Crippen LogP contribution in [0.15, 0.2) is 12.3 Å². The zero-order chi connectivity index (χ0) is 19.5. The van der Waals surface area contributed by atoms with E-state index in [4.69, 9.17) is 9.47 Å². The lowest BCUT2D eigenvalue weighted by Crippen LogP contribution is -2.42. The minimum atomic E-state index is -1.06. The molecule has 7 heteroatoms. The maximum atomic E-state index is 12.3. The van der Waals surface area contributed by atoms with Crippen molar-refractivity contribution in [2.75, 3.05) is 13.2 Å². The smallest absolute Gasteiger partial charge is 0.410 e. The van der Waals surface area contributed by atoms with Gasteiger partial charge in [-0.15, -0.1) is 0 Å². The number of carbonyl (C=O) groups excluding carboxylic acids is 1. The fourth-order valence-corrected chi connectivity index (χ4v) is 3.01. The predicted molar refractivity (Wildman–Crippen MR) is 96.7 cm³/mol. The number of aromatic carboxylic acids is 1. The fraction of sp³-hybridized carbons (Fsp3) is 0.632. The number of aromatic nitrogens is 1. The molecule has 2 heterocycles. The highest BCUT2D eigenvalue weighted by atomic mass is 16.6. The van der Waals surface area contributed by atoms with E-state index >= 15 is 0 Å².